The minimum Gasteiger partial charge on any atom is -0.444 e. The summed E-state index contributed by atoms with van der Waals surface area (Å²) in [6.07, 6.45) is 0.577. The van der Waals surface area contributed by atoms with E-state index in [0.29, 0.717) is 12.8 Å². The van der Waals surface area contributed by atoms with Gasteiger partial charge in [-0.1, -0.05) is 0 Å². The van der Waals surface area contributed by atoms with Crippen LogP contribution in [0, 0.1) is 0 Å². The van der Waals surface area contributed by atoms with Crippen LogP contribution in [0.1, 0.15) is 40.0 Å². The van der Waals surface area contributed by atoms with Gasteiger partial charge in [0.15, 0.2) is 0 Å². The first-order valence-electron chi connectivity index (χ1n) is 6.24. The molecule has 114 valence electrons. The zero-order valence-corrected chi connectivity index (χ0v) is 11.6. The van der Waals surface area contributed by atoms with Crippen molar-refractivity contribution < 1.29 is 28.2 Å². The van der Waals surface area contributed by atoms with Gasteiger partial charge in [-0.05, 0) is 40.0 Å². The summed E-state index contributed by atoms with van der Waals surface area (Å²) >= 11 is 0. The molecule has 0 aliphatic heterocycles. The van der Waals surface area contributed by atoms with Crippen LogP contribution in [0.5, 0.6) is 0 Å². The Labute approximate surface area is 112 Å². The molecular weight excluding hydrogens is 260 g/mol. The summed E-state index contributed by atoms with van der Waals surface area (Å²) in [4.78, 5) is 11.5. The van der Waals surface area contributed by atoms with Crippen molar-refractivity contribution in [2.24, 2.45) is 0 Å². The number of aliphatic hydroxyl groups is 1. The number of alkyl halides is 2. The molecule has 0 aliphatic rings. The van der Waals surface area contributed by atoms with Gasteiger partial charge in [-0.25, -0.2) is 4.79 Å². The maximum atomic E-state index is 11.8. The number of ether oxygens (including phenoxy) is 2. The molecule has 2 N–H and O–H groups in total. The first-order chi connectivity index (χ1) is 8.74. The Morgan fingerprint density at radius 3 is 2.42 bits per heavy atom. The molecule has 0 saturated carbocycles. The molecular formula is C12H23F2NO4. The molecule has 0 radical (unpaired) electrons. The molecule has 5 nitrogen and oxygen atoms in total. The molecule has 1 atom stereocenters. The van der Waals surface area contributed by atoms with Crippen LogP contribution in [0.15, 0.2) is 0 Å². The number of carbonyl (C=O) groups excluding carboxylic acids is 1. The SMILES string of the molecule is CC(C)(C)OC(=O)N[C@H](CCCO)CCOC(F)F. The highest BCUT2D eigenvalue weighted by atomic mass is 19.3. The van der Waals surface area contributed by atoms with Gasteiger partial charge >= 0.3 is 12.7 Å². The summed E-state index contributed by atoms with van der Waals surface area (Å²) < 4.78 is 32.9. The molecule has 0 saturated heterocycles. The Balaban J connectivity index is 4.14. The molecule has 0 rings (SSSR count). The highest BCUT2D eigenvalue weighted by molar-refractivity contribution is 5.68. The number of amides is 1. The van der Waals surface area contributed by atoms with Crippen LogP contribution in [0.3, 0.4) is 0 Å². The minimum absolute atomic E-state index is 0.0256. The van der Waals surface area contributed by atoms with Crippen LogP contribution in [-0.2, 0) is 9.47 Å². The van der Waals surface area contributed by atoms with Crippen molar-refractivity contribution in [1.29, 1.82) is 0 Å². The number of aliphatic hydroxyl groups excluding tert-OH is 1. The molecule has 0 aromatic carbocycles. The highest BCUT2D eigenvalue weighted by Crippen LogP contribution is 2.09. The number of alkyl carbamates (subject to hydrolysis) is 1. The Morgan fingerprint density at radius 1 is 1.32 bits per heavy atom. The van der Waals surface area contributed by atoms with E-state index in [1.165, 1.54) is 0 Å². The summed E-state index contributed by atoms with van der Waals surface area (Å²) in [6.45, 7) is 2.19. The van der Waals surface area contributed by atoms with Crippen molar-refractivity contribution in [3.05, 3.63) is 0 Å². The second-order valence-electron chi connectivity index (χ2n) is 5.13. The molecule has 0 spiro atoms. The van der Waals surface area contributed by atoms with E-state index in [4.69, 9.17) is 9.84 Å². The maximum Gasteiger partial charge on any atom is 0.407 e. The number of nitrogens with one attached hydrogen (secondary N) is 1. The smallest absolute Gasteiger partial charge is 0.407 e. The number of rotatable bonds is 8. The van der Waals surface area contributed by atoms with Crippen LogP contribution in [0.25, 0.3) is 0 Å². The Bertz CT molecular complexity index is 257. The maximum absolute atomic E-state index is 11.8. The largest absolute Gasteiger partial charge is 0.444 e. The van der Waals surface area contributed by atoms with Crippen molar-refractivity contribution in [1.82, 2.24) is 5.32 Å². The van der Waals surface area contributed by atoms with Gasteiger partial charge in [-0.2, -0.15) is 8.78 Å². The fraction of sp³-hybridized carbons (Fsp3) is 0.917. The first-order valence-corrected chi connectivity index (χ1v) is 6.24. The molecule has 0 bridgehead atoms. The van der Waals surface area contributed by atoms with E-state index in [9.17, 15) is 13.6 Å². The van der Waals surface area contributed by atoms with Gasteiger partial charge in [0.05, 0.1) is 6.61 Å². The highest BCUT2D eigenvalue weighted by Gasteiger charge is 2.19. The summed E-state index contributed by atoms with van der Waals surface area (Å²) in [5, 5.41) is 11.3. The fourth-order valence-corrected chi connectivity index (χ4v) is 1.40. The zero-order chi connectivity index (χ0) is 14.9. The molecule has 0 aromatic rings. The van der Waals surface area contributed by atoms with E-state index in [-0.39, 0.29) is 25.7 Å². The van der Waals surface area contributed by atoms with Gasteiger partial charge in [0.25, 0.3) is 0 Å². The molecule has 0 unspecified atom stereocenters. The van der Waals surface area contributed by atoms with Crippen LogP contribution < -0.4 is 5.32 Å². The van der Waals surface area contributed by atoms with Gasteiger partial charge in [0, 0.05) is 12.6 Å². The van der Waals surface area contributed by atoms with E-state index < -0.39 is 18.3 Å². The van der Waals surface area contributed by atoms with Crippen LogP contribution in [0.2, 0.25) is 0 Å². The van der Waals surface area contributed by atoms with Crippen LogP contribution >= 0.6 is 0 Å². The molecule has 1 amide bonds. The fourth-order valence-electron chi connectivity index (χ4n) is 1.40. The quantitative estimate of drug-likeness (QED) is 0.717. The minimum atomic E-state index is -2.82. The van der Waals surface area contributed by atoms with Gasteiger partial charge in [-0.15, -0.1) is 0 Å². The lowest BCUT2D eigenvalue weighted by atomic mass is 10.1. The topological polar surface area (TPSA) is 67.8 Å². The van der Waals surface area contributed by atoms with Crippen molar-refractivity contribution in [3.63, 3.8) is 0 Å². The molecule has 7 heteroatoms. The van der Waals surface area contributed by atoms with E-state index in [1.807, 2.05) is 0 Å². The Kier molecular flexibility index (Phi) is 8.58. The lowest BCUT2D eigenvalue weighted by molar-refractivity contribution is -0.130. The lowest BCUT2D eigenvalue weighted by Crippen LogP contribution is -2.39. The Morgan fingerprint density at radius 2 is 1.95 bits per heavy atom. The number of halogens is 2. The van der Waals surface area contributed by atoms with Gasteiger partial charge in [0.1, 0.15) is 5.60 Å². The first kappa shape index (κ1) is 18.0. The van der Waals surface area contributed by atoms with Crippen molar-refractivity contribution >= 4 is 6.09 Å². The summed E-state index contributed by atoms with van der Waals surface area (Å²) in [5.41, 5.74) is -0.620. The summed E-state index contributed by atoms with van der Waals surface area (Å²) in [7, 11) is 0. The molecule has 0 aromatic heterocycles. The average molecular weight is 283 g/mol. The average Bonchev–Trinajstić information content (AvgIpc) is 2.22. The molecule has 0 fully saturated rings. The van der Waals surface area contributed by atoms with Gasteiger partial charge < -0.3 is 19.9 Å². The van der Waals surface area contributed by atoms with E-state index in [0.717, 1.165) is 0 Å². The van der Waals surface area contributed by atoms with E-state index in [1.54, 1.807) is 20.8 Å². The third-order valence-corrected chi connectivity index (χ3v) is 2.14. The standard InChI is InChI=1S/C12H23F2NO4/c1-12(2,3)19-11(17)15-9(5-4-7-16)6-8-18-10(13)14/h9-10,16H,4-8H2,1-3H3,(H,15,17)/t9-/m1/s1. The molecule has 0 aliphatic carbocycles. The second-order valence-corrected chi connectivity index (χ2v) is 5.13. The zero-order valence-electron chi connectivity index (χ0n) is 11.6. The molecule has 0 heterocycles. The summed E-state index contributed by atoms with van der Waals surface area (Å²) in [6, 6.07) is -0.360. The van der Waals surface area contributed by atoms with Gasteiger partial charge in [0.2, 0.25) is 0 Å². The monoisotopic (exact) mass is 283 g/mol. The number of hydrogen-bond acceptors (Lipinski definition) is 4. The van der Waals surface area contributed by atoms with Crippen molar-refractivity contribution in [2.45, 2.75) is 58.3 Å². The van der Waals surface area contributed by atoms with Crippen LogP contribution in [-0.4, -0.2) is 42.7 Å². The van der Waals surface area contributed by atoms with Gasteiger partial charge in [-0.3, -0.25) is 0 Å². The van der Waals surface area contributed by atoms with Crippen molar-refractivity contribution in [3.8, 4) is 0 Å². The van der Waals surface area contributed by atoms with E-state index >= 15 is 0 Å². The number of hydrogen-bond donors (Lipinski definition) is 2. The van der Waals surface area contributed by atoms with Crippen LogP contribution in [0.4, 0.5) is 13.6 Å². The normalized spacial score (nSPS) is 13.4. The van der Waals surface area contributed by atoms with Crippen molar-refractivity contribution in [2.75, 3.05) is 13.2 Å². The molecule has 19 heavy (non-hydrogen) atoms. The summed E-state index contributed by atoms with van der Waals surface area (Å²) in [5.74, 6) is 0. The van der Waals surface area contributed by atoms with E-state index in [2.05, 4.69) is 10.1 Å². The predicted molar refractivity (Wildman–Crippen MR) is 66.1 cm³/mol. The third-order valence-electron chi connectivity index (χ3n) is 2.14. The second kappa shape index (κ2) is 9.03. The lowest BCUT2D eigenvalue weighted by Gasteiger charge is -2.23. The number of carbonyl (C=O) groups is 1. The third kappa shape index (κ3) is 11.9. The Hall–Kier alpha value is -0.950. The predicted octanol–water partition coefficient (Wildman–Crippen LogP) is 2.28.